The average molecular weight is 340 g/mol. The summed E-state index contributed by atoms with van der Waals surface area (Å²) in [5.41, 5.74) is 3.69. The molecule has 0 saturated carbocycles. The van der Waals surface area contributed by atoms with Gasteiger partial charge in [0.25, 0.3) is 0 Å². The summed E-state index contributed by atoms with van der Waals surface area (Å²) in [7, 11) is 0. The first kappa shape index (κ1) is 16.9. The molecule has 0 aliphatic heterocycles. The van der Waals surface area contributed by atoms with Crippen molar-refractivity contribution in [3.05, 3.63) is 47.3 Å². The predicted molar refractivity (Wildman–Crippen MR) is 91.4 cm³/mol. The molecular formula is C18H20N4O3. The minimum atomic E-state index is -0.932. The van der Waals surface area contributed by atoms with E-state index in [2.05, 4.69) is 20.7 Å². The summed E-state index contributed by atoms with van der Waals surface area (Å²) in [6, 6.07) is 7.80. The van der Waals surface area contributed by atoms with Crippen molar-refractivity contribution in [2.45, 2.75) is 38.5 Å². The van der Waals surface area contributed by atoms with Crippen LogP contribution in [0.15, 0.2) is 41.7 Å². The maximum atomic E-state index is 12.1. The van der Waals surface area contributed by atoms with Crippen LogP contribution in [0.5, 0.6) is 0 Å². The summed E-state index contributed by atoms with van der Waals surface area (Å²) in [5, 5.41) is 22.4. The standard InChI is InChI=1S/C18H20N4O3/c23-17(20-15-4-2-1-3-14(15)18(24)25)10-7-12-5-8-13(9-6-12)16-11-19-22-21-16/h5-6,8-9,11H,1-4,7,10H2,(H,20,23)(H,24,25)(H,19,21,22). The SMILES string of the molecule is O=C(CCc1ccc(-c2cn[nH]n2)cc1)NC1=C(C(=O)O)CCCC1. The number of hydrogen-bond acceptors (Lipinski definition) is 4. The normalized spacial score (nSPS) is 14.4. The van der Waals surface area contributed by atoms with Crippen molar-refractivity contribution < 1.29 is 14.7 Å². The summed E-state index contributed by atoms with van der Waals surface area (Å²) < 4.78 is 0. The van der Waals surface area contributed by atoms with Gasteiger partial charge in [0.1, 0.15) is 5.69 Å². The van der Waals surface area contributed by atoms with E-state index in [0.29, 0.717) is 37.0 Å². The second kappa shape index (κ2) is 7.74. The third-order valence-corrected chi connectivity index (χ3v) is 4.32. The van der Waals surface area contributed by atoms with E-state index in [0.717, 1.165) is 29.7 Å². The van der Waals surface area contributed by atoms with Crippen molar-refractivity contribution in [1.29, 1.82) is 0 Å². The Balaban J connectivity index is 1.56. The number of aromatic nitrogens is 3. The fourth-order valence-electron chi connectivity index (χ4n) is 2.95. The number of nitrogens with one attached hydrogen (secondary N) is 2. The number of carboxylic acid groups (broad SMARTS) is 1. The maximum absolute atomic E-state index is 12.1. The quantitative estimate of drug-likeness (QED) is 0.748. The summed E-state index contributed by atoms with van der Waals surface area (Å²) in [4.78, 5) is 23.4. The zero-order chi connectivity index (χ0) is 17.6. The topological polar surface area (TPSA) is 108 Å². The van der Waals surface area contributed by atoms with Crippen LogP contribution in [0.3, 0.4) is 0 Å². The molecule has 1 amide bonds. The van der Waals surface area contributed by atoms with Gasteiger partial charge in [-0.25, -0.2) is 4.79 Å². The molecule has 1 aromatic heterocycles. The Kier molecular flexibility index (Phi) is 5.23. The van der Waals surface area contributed by atoms with Crippen molar-refractivity contribution in [1.82, 2.24) is 20.7 Å². The number of aliphatic carboxylic acids is 1. The molecule has 1 heterocycles. The number of nitrogens with zero attached hydrogens (tertiary/aromatic N) is 2. The third-order valence-electron chi connectivity index (χ3n) is 4.32. The first-order chi connectivity index (χ1) is 12.1. The first-order valence-electron chi connectivity index (χ1n) is 8.34. The average Bonchev–Trinajstić information content (AvgIpc) is 3.15. The van der Waals surface area contributed by atoms with Gasteiger partial charge in [0.15, 0.2) is 0 Å². The Morgan fingerprint density at radius 1 is 1.16 bits per heavy atom. The Morgan fingerprint density at radius 2 is 1.92 bits per heavy atom. The molecule has 25 heavy (non-hydrogen) atoms. The number of H-pyrrole nitrogens is 1. The van der Waals surface area contributed by atoms with E-state index >= 15 is 0 Å². The van der Waals surface area contributed by atoms with Crippen LogP contribution in [0.1, 0.15) is 37.7 Å². The van der Waals surface area contributed by atoms with Gasteiger partial charge >= 0.3 is 5.97 Å². The number of aryl methyl sites for hydroxylation is 1. The highest BCUT2D eigenvalue weighted by atomic mass is 16.4. The number of amides is 1. The number of carbonyl (C=O) groups excluding carboxylic acids is 1. The largest absolute Gasteiger partial charge is 0.478 e. The first-order valence-corrected chi connectivity index (χ1v) is 8.34. The molecule has 1 aliphatic carbocycles. The van der Waals surface area contributed by atoms with Gasteiger partial charge in [0.2, 0.25) is 5.91 Å². The Bertz CT molecular complexity index is 779. The minimum absolute atomic E-state index is 0.142. The number of aromatic amines is 1. The van der Waals surface area contributed by atoms with E-state index in [1.807, 2.05) is 24.3 Å². The summed E-state index contributed by atoms with van der Waals surface area (Å²) in [5.74, 6) is -1.07. The van der Waals surface area contributed by atoms with E-state index in [9.17, 15) is 14.7 Å². The molecule has 7 nitrogen and oxygen atoms in total. The molecule has 0 bridgehead atoms. The van der Waals surface area contributed by atoms with Crippen molar-refractivity contribution in [2.75, 3.05) is 0 Å². The lowest BCUT2D eigenvalue weighted by Crippen LogP contribution is -2.27. The van der Waals surface area contributed by atoms with Gasteiger partial charge in [0.05, 0.1) is 11.8 Å². The van der Waals surface area contributed by atoms with E-state index in [-0.39, 0.29) is 5.91 Å². The van der Waals surface area contributed by atoms with E-state index in [1.54, 1.807) is 6.20 Å². The zero-order valence-electron chi connectivity index (χ0n) is 13.8. The minimum Gasteiger partial charge on any atom is -0.478 e. The van der Waals surface area contributed by atoms with Crippen LogP contribution >= 0.6 is 0 Å². The molecule has 0 spiro atoms. The van der Waals surface area contributed by atoms with Gasteiger partial charge < -0.3 is 10.4 Å². The molecule has 1 aliphatic rings. The Hall–Kier alpha value is -2.96. The lowest BCUT2D eigenvalue weighted by molar-refractivity contribution is -0.133. The van der Waals surface area contributed by atoms with Crippen LogP contribution in [0, 0.1) is 0 Å². The van der Waals surface area contributed by atoms with Crippen LogP contribution < -0.4 is 5.32 Å². The van der Waals surface area contributed by atoms with Crippen molar-refractivity contribution in [2.24, 2.45) is 0 Å². The molecule has 2 aromatic rings. The van der Waals surface area contributed by atoms with Crippen molar-refractivity contribution in [3.63, 3.8) is 0 Å². The molecule has 0 unspecified atom stereocenters. The van der Waals surface area contributed by atoms with E-state index in [1.165, 1.54) is 0 Å². The van der Waals surface area contributed by atoms with Gasteiger partial charge in [0, 0.05) is 17.7 Å². The van der Waals surface area contributed by atoms with Gasteiger partial charge in [-0.1, -0.05) is 24.3 Å². The van der Waals surface area contributed by atoms with Crippen LogP contribution in [0.4, 0.5) is 0 Å². The van der Waals surface area contributed by atoms with E-state index in [4.69, 9.17) is 0 Å². The molecule has 3 N–H and O–H groups in total. The molecule has 0 saturated heterocycles. The van der Waals surface area contributed by atoms with Crippen LogP contribution in [-0.2, 0) is 16.0 Å². The van der Waals surface area contributed by atoms with E-state index < -0.39 is 5.97 Å². The van der Waals surface area contributed by atoms with Gasteiger partial charge in [-0.15, -0.1) is 0 Å². The number of rotatable bonds is 6. The summed E-state index contributed by atoms with van der Waals surface area (Å²) in [6.45, 7) is 0. The number of carbonyl (C=O) groups is 2. The highest BCUT2D eigenvalue weighted by Crippen LogP contribution is 2.23. The smallest absolute Gasteiger partial charge is 0.333 e. The zero-order valence-corrected chi connectivity index (χ0v) is 13.8. The molecule has 7 heteroatoms. The van der Waals surface area contributed by atoms with Crippen LogP contribution in [0.25, 0.3) is 11.3 Å². The van der Waals surface area contributed by atoms with Crippen LogP contribution in [0.2, 0.25) is 0 Å². The number of hydrogen-bond donors (Lipinski definition) is 3. The lowest BCUT2D eigenvalue weighted by atomic mass is 9.96. The highest BCUT2D eigenvalue weighted by molar-refractivity contribution is 5.89. The van der Waals surface area contributed by atoms with Gasteiger partial charge in [-0.05, 0) is 37.7 Å². The number of benzene rings is 1. The predicted octanol–water partition coefficient (Wildman–Crippen LogP) is 2.43. The fraction of sp³-hybridized carbons (Fsp3) is 0.333. The van der Waals surface area contributed by atoms with Crippen molar-refractivity contribution >= 4 is 11.9 Å². The third kappa shape index (κ3) is 4.32. The molecule has 0 radical (unpaired) electrons. The van der Waals surface area contributed by atoms with Crippen molar-refractivity contribution in [3.8, 4) is 11.3 Å². The lowest BCUT2D eigenvalue weighted by Gasteiger charge is -2.18. The molecule has 0 fully saturated rings. The monoisotopic (exact) mass is 340 g/mol. The second-order valence-electron chi connectivity index (χ2n) is 6.07. The second-order valence-corrected chi connectivity index (χ2v) is 6.07. The summed E-state index contributed by atoms with van der Waals surface area (Å²) >= 11 is 0. The maximum Gasteiger partial charge on any atom is 0.333 e. The van der Waals surface area contributed by atoms with Crippen LogP contribution in [-0.4, -0.2) is 32.4 Å². The van der Waals surface area contributed by atoms with Gasteiger partial charge in [-0.2, -0.15) is 15.4 Å². The Labute approximate surface area is 145 Å². The Morgan fingerprint density at radius 3 is 2.60 bits per heavy atom. The van der Waals surface area contributed by atoms with Gasteiger partial charge in [-0.3, -0.25) is 4.79 Å². The summed E-state index contributed by atoms with van der Waals surface area (Å²) in [6.07, 6.45) is 5.49. The fourth-order valence-corrected chi connectivity index (χ4v) is 2.95. The highest BCUT2D eigenvalue weighted by Gasteiger charge is 2.19. The molecule has 3 rings (SSSR count). The molecule has 130 valence electrons. The molecule has 1 aromatic carbocycles. The molecule has 0 atom stereocenters. The number of allylic oxidation sites excluding steroid dienone is 1. The number of carboxylic acids is 1. The molecular weight excluding hydrogens is 320 g/mol.